The van der Waals surface area contributed by atoms with Crippen LogP contribution in [0.15, 0.2) is 71.8 Å². The average molecular weight is 415 g/mol. The Balaban J connectivity index is 1.53. The predicted octanol–water partition coefficient (Wildman–Crippen LogP) is 4.87. The first-order valence-electron chi connectivity index (χ1n) is 9.68. The smallest absolute Gasteiger partial charge is 0.257 e. The Hall–Kier alpha value is -4.07. The molecule has 0 saturated heterocycles. The van der Waals surface area contributed by atoms with Gasteiger partial charge >= 0.3 is 0 Å². The van der Waals surface area contributed by atoms with E-state index in [4.69, 9.17) is 9.26 Å². The van der Waals surface area contributed by atoms with E-state index in [-0.39, 0.29) is 11.3 Å². The normalized spacial score (nSPS) is 11.2. The molecule has 4 aromatic rings. The van der Waals surface area contributed by atoms with Gasteiger partial charge in [-0.15, -0.1) is 0 Å². The van der Waals surface area contributed by atoms with E-state index in [9.17, 15) is 4.79 Å². The summed E-state index contributed by atoms with van der Waals surface area (Å²) in [6.45, 7) is 6.02. The monoisotopic (exact) mass is 415 g/mol. The predicted molar refractivity (Wildman–Crippen MR) is 115 cm³/mol. The van der Waals surface area contributed by atoms with E-state index in [2.05, 4.69) is 25.4 Å². The van der Waals surface area contributed by atoms with Crippen molar-refractivity contribution in [1.29, 1.82) is 0 Å². The van der Waals surface area contributed by atoms with Crippen LogP contribution in [0.5, 0.6) is 11.6 Å². The molecule has 0 unspecified atom stereocenters. The molecule has 3 heterocycles. The summed E-state index contributed by atoms with van der Waals surface area (Å²) in [5.74, 6) is 1.57. The number of nitrogens with zero attached hydrogens (tertiary/aromatic N) is 4. The zero-order valence-corrected chi connectivity index (χ0v) is 17.4. The molecule has 0 radical (unpaired) electrons. The second-order valence-electron chi connectivity index (χ2n) is 7.86. The number of hydrogen-bond donors (Lipinski definition) is 1. The number of benzene rings is 1. The molecule has 8 nitrogen and oxygen atoms in total. The largest absolute Gasteiger partial charge is 0.438 e. The van der Waals surface area contributed by atoms with Gasteiger partial charge in [0.2, 0.25) is 5.88 Å². The van der Waals surface area contributed by atoms with Gasteiger partial charge in [0.1, 0.15) is 17.8 Å². The number of anilines is 1. The van der Waals surface area contributed by atoms with Crippen LogP contribution in [0.1, 0.15) is 36.9 Å². The maximum atomic E-state index is 12.7. The topological polar surface area (TPSA) is 103 Å². The number of aromatic nitrogens is 4. The molecule has 1 amide bonds. The number of amides is 1. The maximum absolute atomic E-state index is 12.7. The molecule has 0 aliphatic heterocycles. The molecule has 1 N–H and O–H groups in total. The van der Waals surface area contributed by atoms with Crippen LogP contribution in [0.25, 0.3) is 11.3 Å². The number of rotatable bonds is 5. The van der Waals surface area contributed by atoms with Crippen LogP contribution in [-0.2, 0) is 5.41 Å². The fraction of sp³-hybridized carbons (Fsp3) is 0.174. The molecule has 31 heavy (non-hydrogen) atoms. The fourth-order valence-corrected chi connectivity index (χ4v) is 2.81. The van der Waals surface area contributed by atoms with Crippen LogP contribution < -0.4 is 10.1 Å². The molecule has 0 aliphatic carbocycles. The Bertz CT molecular complexity index is 1200. The van der Waals surface area contributed by atoms with Gasteiger partial charge in [-0.2, -0.15) is 0 Å². The second-order valence-corrected chi connectivity index (χ2v) is 7.86. The van der Waals surface area contributed by atoms with Crippen LogP contribution in [-0.4, -0.2) is 26.0 Å². The van der Waals surface area contributed by atoms with Crippen LogP contribution in [0.3, 0.4) is 0 Å². The van der Waals surface area contributed by atoms with E-state index in [0.29, 0.717) is 34.5 Å². The first-order valence-corrected chi connectivity index (χ1v) is 9.68. The van der Waals surface area contributed by atoms with Gasteiger partial charge in [0.05, 0.1) is 11.3 Å². The van der Waals surface area contributed by atoms with Gasteiger partial charge < -0.3 is 14.6 Å². The minimum atomic E-state index is -0.323. The lowest BCUT2D eigenvalue weighted by Crippen LogP contribution is -2.12. The summed E-state index contributed by atoms with van der Waals surface area (Å²) in [7, 11) is 0. The summed E-state index contributed by atoms with van der Waals surface area (Å²) in [6.07, 6.45) is 4.75. The van der Waals surface area contributed by atoms with Gasteiger partial charge in [-0.25, -0.2) is 15.0 Å². The van der Waals surface area contributed by atoms with Gasteiger partial charge in [-0.1, -0.05) is 32.0 Å². The summed E-state index contributed by atoms with van der Waals surface area (Å²) in [4.78, 5) is 25.2. The van der Waals surface area contributed by atoms with Crippen LogP contribution in [0.2, 0.25) is 0 Å². The summed E-state index contributed by atoms with van der Waals surface area (Å²) < 4.78 is 11.3. The summed E-state index contributed by atoms with van der Waals surface area (Å²) in [5, 5.41) is 6.67. The third-order valence-corrected chi connectivity index (χ3v) is 4.43. The van der Waals surface area contributed by atoms with Gasteiger partial charge in [0.25, 0.3) is 5.91 Å². The highest BCUT2D eigenvalue weighted by molar-refractivity contribution is 6.04. The number of carbonyl (C=O) groups is 1. The second kappa shape index (κ2) is 8.35. The minimum Gasteiger partial charge on any atom is -0.438 e. The SMILES string of the molecule is CC(C)(C)c1cc(NC(=O)c2cccc(Oc3ncccc3-c3ccncn3)c2)no1. The average Bonchev–Trinajstić information content (AvgIpc) is 3.24. The lowest BCUT2D eigenvalue weighted by atomic mass is 9.93. The quantitative estimate of drug-likeness (QED) is 0.496. The summed E-state index contributed by atoms with van der Waals surface area (Å²) in [5.41, 5.74) is 1.62. The molecule has 0 saturated carbocycles. The number of hydrogen-bond acceptors (Lipinski definition) is 7. The minimum absolute atomic E-state index is 0.201. The third-order valence-electron chi connectivity index (χ3n) is 4.43. The highest BCUT2D eigenvalue weighted by Crippen LogP contribution is 2.30. The van der Waals surface area contributed by atoms with Crippen LogP contribution >= 0.6 is 0 Å². The molecule has 0 spiro atoms. The highest BCUT2D eigenvalue weighted by atomic mass is 16.5. The Morgan fingerprint density at radius 2 is 1.90 bits per heavy atom. The Morgan fingerprint density at radius 1 is 1.03 bits per heavy atom. The molecule has 1 aromatic carbocycles. The molecule has 3 aromatic heterocycles. The zero-order chi connectivity index (χ0) is 21.8. The molecule has 0 atom stereocenters. The number of pyridine rings is 1. The maximum Gasteiger partial charge on any atom is 0.257 e. The number of nitrogens with one attached hydrogen (secondary N) is 1. The van der Waals surface area contributed by atoms with Crippen molar-refractivity contribution in [1.82, 2.24) is 20.1 Å². The molecule has 0 fully saturated rings. The van der Waals surface area contributed by atoms with Crippen molar-refractivity contribution in [3.63, 3.8) is 0 Å². The van der Waals surface area contributed by atoms with Gasteiger partial charge in [0.15, 0.2) is 5.82 Å². The molecule has 0 aliphatic rings. The lowest BCUT2D eigenvalue weighted by molar-refractivity contribution is 0.102. The van der Waals surface area contributed by atoms with E-state index >= 15 is 0 Å². The van der Waals surface area contributed by atoms with Crippen molar-refractivity contribution < 1.29 is 14.1 Å². The van der Waals surface area contributed by atoms with Crippen molar-refractivity contribution >= 4 is 11.7 Å². The van der Waals surface area contributed by atoms with E-state index < -0.39 is 0 Å². The number of carbonyl (C=O) groups excluding carboxylic acids is 1. The van der Waals surface area contributed by atoms with Crippen molar-refractivity contribution in [3.05, 3.63) is 78.6 Å². The highest BCUT2D eigenvalue weighted by Gasteiger charge is 2.20. The fourth-order valence-electron chi connectivity index (χ4n) is 2.81. The Morgan fingerprint density at radius 3 is 2.65 bits per heavy atom. The summed E-state index contributed by atoms with van der Waals surface area (Å²) in [6, 6.07) is 14.0. The number of ether oxygens (including phenoxy) is 1. The molecule has 8 heteroatoms. The van der Waals surface area contributed by atoms with E-state index in [1.54, 1.807) is 54.9 Å². The summed E-state index contributed by atoms with van der Waals surface area (Å²) >= 11 is 0. The van der Waals surface area contributed by atoms with Crippen molar-refractivity contribution in [2.24, 2.45) is 0 Å². The van der Waals surface area contributed by atoms with E-state index in [1.165, 1.54) is 6.33 Å². The third kappa shape index (κ3) is 4.75. The Labute approximate surface area is 179 Å². The molecular formula is C23H21N5O3. The lowest BCUT2D eigenvalue weighted by Gasteiger charge is -2.12. The molecule has 156 valence electrons. The van der Waals surface area contributed by atoms with Crippen LogP contribution in [0, 0.1) is 0 Å². The molecular weight excluding hydrogens is 394 g/mol. The first-order chi connectivity index (χ1) is 14.9. The molecule has 0 bridgehead atoms. The van der Waals surface area contributed by atoms with Gasteiger partial charge in [-0.3, -0.25) is 4.79 Å². The zero-order valence-electron chi connectivity index (χ0n) is 17.4. The van der Waals surface area contributed by atoms with Crippen molar-refractivity contribution in [3.8, 4) is 22.9 Å². The van der Waals surface area contributed by atoms with E-state index in [0.717, 1.165) is 5.56 Å². The Kier molecular flexibility index (Phi) is 5.44. The standard InChI is InChI=1S/C23H21N5O3/c1-23(2,3)19-13-20(28-31-19)27-21(29)15-6-4-7-16(12-15)30-22-17(8-5-10-25-22)18-9-11-24-14-26-18/h4-14H,1-3H3,(H,27,28,29). The first kappa shape index (κ1) is 20.2. The van der Waals surface area contributed by atoms with Gasteiger partial charge in [-0.05, 0) is 36.4 Å². The van der Waals surface area contributed by atoms with Crippen molar-refractivity contribution in [2.45, 2.75) is 26.2 Å². The van der Waals surface area contributed by atoms with Crippen LogP contribution in [0.4, 0.5) is 5.82 Å². The van der Waals surface area contributed by atoms with E-state index in [1.807, 2.05) is 26.8 Å². The molecule has 4 rings (SSSR count). The van der Waals surface area contributed by atoms with Crippen molar-refractivity contribution in [2.75, 3.05) is 5.32 Å². The van der Waals surface area contributed by atoms with Gasteiger partial charge in [0, 0.05) is 29.4 Å².